The standard InChI is InChI=1S/C9H10IN3O/c1-6-9(7(2)14-12-6)5-13-4-8(10)3-11-13/h3-4H,5H2,1-2H3. The molecule has 0 aliphatic rings. The first-order chi connectivity index (χ1) is 6.66. The number of nitrogens with zero attached hydrogens (tertiary/aromatic N) is 3. The van der Waals surface area contributed by atoms with Gasteiger partial charge in [0, 0.05) is 11.8 Å². The van der Waals surface area contributed by atoms with Gasteiger partial charge in [0.1, 0.15) is 5.76 Å². The Hall–Kier alpha value is -0.850. The minimum atomic E-state index is 0.726. The lowest BCUT2D eigenvalue weighted by molar-refractivity contribution is 0.391. The van der Waals surface area contributed by atoms with Crippen molar-refractivity contribution in [1.82, 2.24) is 14.9 Å². The maximum Gasteiger partial charge on any atom is 0.138 e. The van der Waals surface area contributed by atoms with Crippen LogP contribution in [0.1, 0.15) is 17.0 Å². The highest BCUT2D eigenvalue weighted by Crippen LogP contribution is 2.14. The molecule has 0 spiro atoms. The van der Waals surface area contributed by atoms with Gasteiger partial charge >= 0.3 is 0 Å². The Bertz CT molecular complexity index is 427. The third-order valence-corrected chi connectivity index (χ3v) is 2.66. The van der Waals surface area contributed by atoms with E-state index in [1.54, 1.807) is 0 Å². The highest BCUT2D eigenvalue weighted by molar-refractivity contribution is 14.1. The van der Waals surface area contributed by atoms with Crippen molar-refractivity contribution in [2.24, 2.45) is 0 Å². The Kier molecular flexibility index (Phi) is 2.58. The predicted molar refractivity (Wildman–Crippen MR) is 60.0 cm³/mol. The fourth-order valence-electron chi connectivity index (χ4n) is 1.31. The average Bonchev–Trinajstić information content (AvgIpc) is 2.67. The molecule has 5 heteroatoms. The zero-order valence-corrected chi connectivity index (χ0v) is 10.1. The minimum Gasteiger partial charge on any atom is -0.361 e. The lowest BCUT2D eigenvalue weighted by atomic mass is 10.2. The summed E-state index contributed by atoms with van der Waals surface area (Å²) in [6.45, 7) is 4.59. The first kappa shape index (κ1) is 9.70. The number of rotatable bonds is 2. The molecule has 0 unspecified atom stereocenters. The molecule has 74 valence electrons. The average molecular weight is 303 g/mol. The largest absolute Gasteiger partial charge is 0.361 e. The molecule has 0 fully saturated rings. The second kappa shape index (κ2) is 3.72. The van der Waals surface area contributed by atoms with Crippen molar-refractivity contribution in [3.8, 4) is 0 Å². The summed E-state index contributed by atoms with van der Waals surface area (Å²) >= 11 is 2.24. The van der Waals surface area contributed by atoms with E-state index in [2.05, 4.69) is 32.8 Å². The van der Waals surface area contributed by atoms with Crippen LogP contribution in [-0.2, 0) is 6.54 Å². The van der Waals surface area contributed by atoms with E-state index in [4.69, 9.17) is 4.52 Å². The van der Waals surface area contributed by atoms with Crippen molar-refractivity contribution in [1.29, 1.82) is 0 Å². The van der Waals surface area contributed by atoms with Crippen LogP contribution in [-0.4, -0.2) is 14.9 Å². The van der Waals surface area contributed by atoms with Crippen molar-refractivity contribution < 1.29 is 4.52 Å². The predicted octanol–water partition coefficient (Wildman–Crippen LogP) is 2.14. The maximum absolute atomic E-state index is 5.08. The van der Waals surface area contributed by atoms with Crippen LogP contribution in [0.25, 0.3) is 0 Å². The Morgan fingerprint density at radius 2 is 2.29 bits per heavy atom. The molecular weight excluding hydrogens is 293 g/mol. The molecule has 0 atom stereocenters. The van der Waals surface area contributed by atoms with Crippen molar-refractivity contribution in [3.05, 3.63) is 33.0 Å². The van der Waals surface area contributed by atoms with Crippen LogP contribution in [0.2, 0.25) is 0 Å². The summed E-state index contributed by atoms with van der Waals surface area (Å²) in [5.41, 5.74) is 2.05. The second-order valence-corrected chi connectivity index (χ2v) is 4.40. The Labute approximate surface area is 95.4 Å². The first-order valence-corrected chi connectivity index (χ1v) is 5.34. The number of hydrogen-bond acceptors (Lipinski definition) is 3. The lowest BCUT2D eigenvalue weighted by Gasteiger charge is -1.99. The Morgan fingerprint density at radius 1 is 1.50 bits per heavy atom. The van der Waals surface area contributed by atoms with Crippen LogP contribution in [0.3, 0.4) is 0 Å². The zero-order valence-electron chi connectivity index (χ0n) is 7.99. The number of hydrogen-bond donors (Lipinski definition) is 0. The molecule has 0 saturated heterocycles. The van der Waals surface area contributed by atoms with Gasteiger partial charge in [0.05, 0.1) is 22.0 Å². The number of aromatic nitrogens is 3. The summed E-state index contributed by atoms with van der Waals surface area (Å²) in [6.07, 6.45) is 3.82. The normalized spacial score (nSPS) is 10.8. The van der Waals surface area contributed by atoms with E-state index in [-0.39, 0.29) is 0 Å². The molecule has 2 aromatic rings. The summed E-state index contributed by atoms with van der Waals surface area (Å²) in [6, 6.07) is 0. The van der Waals surface area contributed by atoms with Gasteiger partial charge < -0.3 is 4.52 Å². The Balaban J connectivity index is 2.26. The molecule has 0 aromatic carbocycles. The smallest absolute Gasteiger partial charge is 0.138 e. The fraction of sp³-hybridized carbons (Fsp3) is 0.333. The van der Waals surface area contributed by atoms with Gasteiger partial charge in [0.2, 0.25) is 0 Å². The molecule has 2 rings (SSSR count). The number of aryl methyl sites for hydroxylation is 2. The van der Waals surface area contributed by atoms with E-state index in [0.29, 0.717) is 0 Å². The van der Waals surface area contributed by atoms with Gasteiger partial charge in [0.15, 0.2) is 0 Å². The highest BCUT2D eigenvalue weighted by atomic mass is 127. The first-order valence-electron chi connectivity index (χ1n) is 4.26. The van der Waals surface area contributed by atoms with Crippen LogP contribution in [0.5, 0.6) is 0 Å². The third kappa shape index (κ3) is 1.82. The van der Waals surface area contributed by atoms with Crippen LogP contribution in [0.15, 0.2) is 16.9 Å². The van der Waals surface area contributed by atoms with E-state index in [0.717, 1.165) is 27.1 Å². The molecule has 2 aromatic heterocycles. The monoisotopic (exact) mass is 303 g/mol. The maximum atomic E-state index is 5.08. The summed E-state index contributed by atoms with van der Waals surface area (Å²) in [7, 11) is 0. The van der Waals surface area contributed by atoms with E-state index in [9.17, 15) is 0 Å². The topological polar surface area (TPSA) is 43.9 Å². The zero-order chi connectivity index (χ0) is 10.1. The van der Waals surface area contributed by atoms with Crippen LogP contribution < -0.4 is 0 Å². The lowest BCUT2D eigenvalue weighted by Crippen LogP contribution is -2.01. The molecule has 14 heavy (non-hydrogen) atoms. The SMILES string of the molecule is Cc1noc(C)c1Cn1cc(I)cn1. The molecule has 0 bridgehead atoms. The van der Waals surface area contributed by atoms with Crippen molar-refractivity contribution >= 4 is 22.6 Å². The van der Waals surface area contributed by atoms with Crippen molar-refractivity contribution in [3.63, 3.8) is 0 Å². The van der Waals surface area contributed by atoms with E-state index >= 15 is 0 Å². The van der Waals surface area contributed by atoms with Gasteiger partial charge in [-0.3, -0.25) is 4.68 Å². The molecule has 4 nitrogen and oxygen atoms in total. The van der Waals surface area contributed by atoms with Crippen molar-refractivity contribution in [2.75, 3.05) is 0 Å². The molecule has 0 saturated carbocycles. The van der Waals surface area contributed by atoms with E-state index in [1.807, 2.05) is 30.9 Å². The van der Waals surface area contributed by atoms with Crippen LogP contribution in [0, 0.1) is 17.4 Å². The summed E-state index contributed by atoms with van der Waals surface area (Å²) in [4.78, 5) is 0. The fourth-order valence-corrected chi connectivity index (χ4v) is 1.76. The number of halogens is 1. The molecular formula is C9H10IN3O. The summed E-state index contributed by atoms with van der Waals surface area (Å²) in [5.74, 6) is 0.869. The van der Waals surface area contributed by atoms with Gasteiger partial charge in [-0.25, -0.2) is 0 Å². The summed E-state index contributed by atoms with van der Waals surface area (Å²) in [5, 5.41) is 8.11. The minimum absolute atomic E-state index is 0.726. The van der Waals surface area contributed by atoms with E-state index < -0.39 is 0 Å². The molecule has 0 N–H and O–H groups in total. The second-order valence-electron chi connectivity index (χ2n) is 3.16. The van der Waals surface area contributed by atoms with Gasteiger partial charge in [-0.2, -0.15) is 5.10 Å². The van der Waals surface area contributed by atoms with Gasteiger partial charge in [-0.1, -0.05) is 5.16 Å². The third-order valence-electron chi connectivity index (χ3n) is 2.10. The van der Waals surface area contributed by atoms with Gasteiger partial charge in [-0.05, 0) is 36.4 Å². The quantitative estimate of drug-likeness (QED) is 0.798. The van der Waals surface area contributed by atoms with Crippen LogP contribution >= 0.6 is 22.6 Å². The van der Waals surface area contributed by atoms with Crippen molar-refractivity contribution in [2.45, 2.75) is 20.4 Å². The van der Waals surface area contributed by atoms with Crippen LogP contribution in [0.4, 0.5) is 0 Å². The van der Waals surface area contributed by atoms with E-state index in [1.165, 1.54) is 0 Å². The molecule has 0 radical (unpaired) electrons. The van der Waals surface area contributed by atoms with Gasteiger partial charge in [-0.15, -0.1) is 0 Å². The molecule has 2 heterocycles. The summed E-state index contributed by atoms with van der Waals surface area (Å²) < 4.78 is 8.10. The molecule has 0 aliphatic heterocycles. The van der Waals surface area contributed by atoms with Gasteiger partial charge in [0.25, 0.3) is 0 Å². The molecule has 0 amide bonds. The Morgan fingerprint density at radius 3 is 2.79 bits per heavy atom. The molecule has 0 aliphatic carbocycles. The highest BCUT2D eigenvalue weighted by Gasteiger charge is 2.09.